The Hall–Kier alpha value is -3.02. The van der Waals surface area contributed by atoms with Gasteiger partial charge in [0.05, 0.1) is 11.7 Å². The molecule has 0 aromatic heterocycles. The van der Waals surface area contributed by atoms with Crippen molar-refractivity contribution in [3.8, 4) is 11.5 Å². The van der Waals surface area contributed by atoms with Crippen LogP contribution in [-0.4, -0.2) is 25.1 Å². The van der Waals surface area contributed by atoms with Crippen molar-refractivity contribution < 1.29 is 24.2 Å². The second kappa shape index (κ2) is 5.77. The molecule has 1 N–H and O–H groups in total. The molecule has 1 aliphatic heterocycles. The van der Waals surface area contributed by atoms with Gasteiger partial charge in [0, 0.05) is 11.1 Å². The van der Waals surface area contributed by atoms with Crippen molar-refractivity contribution in [1.82, 2.24) is 0 Å². The smallest absolute Gasteiger partial charge is 0.255 e. The van der Waals surface area contributed by atoms with Crippen molar-refractivity contribution in [1.29, 1.82) is 0 Å². The minimum absolute atomic E-state index is 0.0756. The molecule has 0 aliphatic carbocycles. The van der Waals surface area contributed by atoms with Crippen LogP contribution in [0.25, 0.3) is 0 Å². The lowest BCUT2D eigenvalue weighted by Gasteiger charge is -2.19. The van der Waals surface area contributed by atoms with Crippen LogP contribution in [0, 0.1) is 0 Å². The van der Waals surface area contributed by atoms with Crippen molar-refractivity contribution in [3.63, 3.8) is 0 Å². The molecule has 1 heterocycles. The average Bonchev–Trinajstić information content (AvgIpc) is 2.54. The number of carbonyl (C=O) groups is 2. The van der Waals surface area contributed by atoms with Crippen LogP contribution in [0.1, 0.15) is 20.7 Å². The second-order valence-corrected chi connectivity index (χ2v) is 4.65. The van der Waals surface area contributed by atoms with Gasteiger partial charge >= 0.3 is 0 Å². The number of benzene rings is 2. The van der Waals surface area contributed by atoms with Crippen molar-refractivity contribution in [2.45, 2.75) is 0 Å². The highest BCUT2D eigenvalue weighted by Gasteiger charge is 2.15. The van der Waals surface area contributed by atoms with Crippen LogP contribution >= 0.6 is 0 Å². The molecule has 0 bridgehead atoms. The molecule has 0 unspecified atom stereocenters. The van der Waals surface area contributed by atoms with Gasteiger partial charge in [-0.25, -0.2) is 0 Å². The number of hydrogen-bond donors (Lipinski definition) is 1. The molecular formula is C16H12NO5-. The van der Waals surface area contributed by atoms with Crippen LogP contribution in [0.2, 0.25) is 0 Å². The van der Waals surface area contributed by atoms with Crippen LogP contribution in [0.15, 0.2) is 42.5 Å². The largest absolute Gasteiger partial charge is 0.545 e. The van der Waals surface area contributed by atoms with Gasteiger partial charge in [-0.1, -0.05) is 18.2 Å². The molecule has 1 amide bonds. The highest BCUT2D eigenvalue weighted by Crippen LogP contribution is 2.31. The fourth-order valence-corrected chi connectivity index (χ4v) is 2.15. The normalized spacial score (nSPS) is 12.5. The number of carboxylic acids is 1. The summed E-state index contributed by atoms with van der Waals surface area (Å²) in [5.41, 5.74) is 0.452. The summed E-state index contributed by atoms with van der Waals surface area (Å²) >= 11 is 0. The van der Waals surface area contributed by atoms with Gasteiger partial charge in [0.15, 0.2) is 11.5 Å². The number of rotatable bonds is 3. The molecule has 0 saturated heterocycles. The number of amides is 1. The lowest BCUT2D eigenvalue weighted by atomic mass is 10.1. The van der Waals surface area contributed by atoms with Gasteiger partial charge in [0.2, 0.25) is 0 Å². The zero-order valence-electron chi connectivity index (χ0n) is 11.5. The van der Waals surface area contributed by atoms with E-state index in [1.165, 1.54) is 12.1 Å². The molecule has 22 heavy (non-hydrogen) atoms. The number of aromatic carboxylic acids is 1. The zero-order valence-corrected chi connectivity index (χ0v) is 11.5. The van der Waals surface area contributed by atoms with E-state index in [0.717, 1.165) is 0 Å². The molecule has 6 nitrogen and oxygen atoms in total. The quantitative estimate of drug-likeness (QED) is 0.916. The molecule has 0 radical (unpaired) electrons. The summed E-state index contributed by atoms with van der Waals surface area (Å²) in [7, 11) is 0. The molecule has 0 saturated carbocycles. The lowest BCUT2D eigenvalue weighted by molar-refractivity contribution is -0.254. The van der Waals surface area contributed by atoms with Gasteiger partial charge in [-0.05, 0) is 24.3 Å². The minimum Gasteiger partial charge on any atom is -0.545 e. The van der Waals surface area contributed by atoms with Crippen molar-refractivity contribution in [2.24, 2.45) is 0 Å². The zero-order chi connectivity index (χ0) is 15.5. The Morgan fingerprint density at radius 3 is 2.50 bits per heavy atom. The molecule has 2 aromatic carbocycles. The Morgan fingerprint density at radius 2 is 1.73 bits per heavy atom. The van der Waals surface area contributed by atoms with E-state index in [4.69, 9.17) is 9.47 Å². The first-order valence-corrected chi connectivity index (χ1v) is 6.66. The number of anilines is 1. The third-order valence-electron chi connectivity index (χ3n) is 3.20. The van der Waals surface area contributed by atoms with E-state index in [2.05, 4.69) is 5.32 Å². The average molecular weight is 298 g/mol. The Morgan fingerprint density at radius 1 is 1.00 bits per heavy atom. The van der Waals surface area contributed by atoms with Crippen molar-refractivity contribution >= 4 is 17.6 Å². The first-order chi connectivity index (χ1) is 10.6. The predicted octanol–water partition coefficient (Wildman–Crippen LogP) is 1.07. The summed E-state index contributed by atoms with van der Waals surface area (Å²) < 4.78 is 10.8. The van der Waals surface area contributed by atoms with Crippen LogP contribution in [-0.2, 0) is 0 Å². The van der Waals surface area contributed by atoms with Crippen LogP contribution in [0.3, 0.4) is 0 Å². The fourth-order valence-electron chi connectivity index (χ4n) is 2.15. The summed E-state index contributed by atoms with van der Waals surface area (Å²) in [6.45, 7) is 0.892. The molecule has 0 atom stereocenters. The maximum absolute atomic E-state index is 12.3. The first kappa shape index (κ1) is 13.9. The van der Waals surface area contributed by atoms with Gasteiger partial charge in [-0.15, -0.1) is 0 Å². The number of carboxylic acid groups (broad SMARTS) is 1. The number of para-hydroxylation sites is 1. The topological polar surface area (TPSA) is 87.7 Å². The molecular weight excluding hydrogens is 286 g/mol. The number of ether oxygens (including phenoxy) is 2. The Bertz CT molecular complexity index is 741. The van der Waals surface area contributed by atoms with Gasteiger partial charge in [0.1, 0.15) is 13.2 Å². The molecule has 0 spiro atoms. The van der Waals surface area contributed by atoms with Gasteiger partial charge < -0.3 is 24.7 Å². The van der Waals surface area contributed by atoms with E-state index < -0.39 is 11.9 Å². The minimum atomic E-state index is -1.35. The Kier molecular flexibility index (Phi) is 3.65. The van der Waals surface area contributed by atoms with Crippen molar-refractivity contribution in [2.75, 3.05) is 18.5 Å². The van der Waals surface area contributed by atoms with E-state index >= 15 is 0 Å². The number of fused-ring (bicyclic) bond motifs is 1. The lowest BCUT2D eigenvalue weighted by Crippen LogP contribution is -2.25. The van der Waals surface area contributed by atoms with E-state index in [0.29, 0.717) is 30.3 Å². The second-order valence-electron chi connectivity index (χ2n) is 4.65. The van der Waals surface area contributed by atoms with E-state index in [-0.39, 0.29) is 11.3 Å². The first-order valence-electron chi connectivity index (χ1n) is 6.66. The highest BCUT2D eigenvalue weighted by atomic mass is 16.6. The fraction of sp³-hybridized carbons (Fsp3) is 0.125. The predicted molar refractivity (Wildman–Crippen MR) is 76.2 cm³/mol. The molecule has 0 fully saturated rings. The summed E-state index contributed by atoms with van der Waals surface area (Å²) in [5, 5.41) is 13.6. The molecule has 112 valence electrons. The SMILES string of the molecule is O=C(Nc1ccccc1C(=O)[O-])c1ccc2c(c1)OCCO2. The van der Waals surface area contributed by atoms with Gasteiger partial charge in [-0.3, -0.25) is 4.79 Å². The maximum Gasteiger partial charge on any atom is 0.255 e. The van der Waals surface area contributed by atoms with E-state index in [1.54, 1.807) is 30.3 Å². The van der Waals surface area contributed by atoms with Crippen LogP contribution in [0.5, 0.6) is 11.5 Å². The third-order valence-corrected chi connectivity index (χ3v) is 3.20. The number of nitrogens with one attached hydrogen (secondary N) is 1. The molecule has 3 rings (SSSR count). The van der Waals surface area contributed by atoms with Crippen LogP contribution < -0.4 is 19.9 Å². The standard InChI is InChI=1S/C16H13NO5/c18-15(17-12-4-2-1-3-11(12)16(19)20)10-5-6-13-14(9-10)22-8-7-21-13/h1-6,9H,7-8H2,(H,17,18)(H,19,20)/p-1. The molecule has 2 aromatic rings. The monoisotopic (exact) mass is 298 g/mol. The number of hydrogen-bond acceptors (Lipinski definition) is 5. The highest BCUT2D eigenvalue weighted by molar-refractivity contribution is 6.07. The van der Waals surface area contributed by atoms with Crippen LogP contribution in [0.4, 0.5) is 5.69 Å². The van der Waals surface area contributed by atoms with E-state index in [9.17, 15) is 14.7 Å². The Labute approximate surface area is 126 Å². The van der Waals surface area contributed by atoms with E-state index in [1.807, 2.05) is 0 Å². The summed E-state index contributed by atoms with van der Waals surface area (Å²) in [6.07, 6.45) is 0. The maximum atomic E-state index is 12.3. The van der Waals surface area contributed by atoms with Gasteiger partial charge in [0.25, 0.3) is 5.91 Å². The summed E-state index contributed by atoms with van der Waals surface area (Å²) in [5.74, 6) is -0.714. The molecule has 1 aliphatic rings. The van der Waals surface area contributed by atoms with Gasteiger partial charge in [-0.2, -0.15) is 0 Å². The third kappa shape index (κ3) is 2.71. The Balaban J connectivity index is 1.85. The number of carbonyl (C=O) groups excluding carboxylic acids is 2. The summed E-state index contributed by atoms with van der Waals surface area (Å²) in [4.78, 5) is 23.3. The van der Waals surface area contributed by atoms with Crippen molar-refractivity contribution in [3.05, 3.63) is 53.6 Å². The summed E-state index contributed by atoms with van der Waals surface area (Å²) in [6, 6.07) is 10.9. The molecule has 6 heteroatoms.